The van der Waals surface area contributed by atoms with Crippen LogP contribution in [0.4, 0.5) is 0 Å². The first-order valence-corrected chi connectivity index (χ1v) is 13.8. The van der Waals surface area contributed by atoms with Crippen LogP contribution in [0.3, 0.4) is 0 Å². The van der Waals surface area contributed by atoms with E-state index in [1.165, 1.54) is 18.0 Å². The van der Waals surface area contributed by atoms with Crippen LogP contribution in [0.2, 0.25) is 10.0 Å². The van der Waals surface area contributed by atoms with Crippen molar-refractivity contribution in [2.45, 2.75) is 5.16 Å². The molecule has 1 aromatic heterocycles. The summed E-state index contributed by atoms with van der Waals surface area (Å²) in [5.41, 5.74) is 4.58. The predicted molar refractivity (Wildman–Crippen MR) is 153 cm³/mol. The fourth-order valence-electron chi connectivity index (χ4n) is 3.04. The van der Waals surface area contributed by atoms with Crippen LogP contribution in [0.1, 0.15) is 5.56 Å². The molecule has 0 bridgehead atoms. The number of benzene rings is 3. The molecule has 2 N–H and O–H groups in total. The number of carbonyl (C=O) groups excluding carboxylic acids is 1. The van der Waals surface area contributed by atoms with Gasteiger partial charge < -0.3 is 5.11 Å². The molecule has 1 amide bonds. The van der Waals surface area contributed by atoms with Crippen molar-refractivity contribution in [2.24, 2.45) is 5.10 Å². The summed E-state index contributed by atoms with van der Waals surface area (Å²) in [6, 6.07) is 18.2. The second-order valence-electron chi connectivity index (χ2n) is 7.06. The summed E-state index contributed by atoms with van der Waals surface area (Å²) in [5, 5.41) is 25.4. The Morgan fingerprint density at radius 3 is 2.46 bits per heavy atom. The first-order valence-electron chi connectivity index (χ1n) is 9.95. The molecule has 35 heavy (non-hydrogen) atoms. The number of amides is 1. The molecule has 178 valence electrons. The van der Waals surface area contributed by atoms with Crippen LogP contribution in [0, 0.1) is 7.14 Å². The molecule has 0 unspecified atom stereocenters. The van der Waals surface area contributed by atoms with Gasteiger partial charge in [0.2, 0.25) is 0 Å². The smallest absolute Gasteiger partial charge is 0.342 e. The number of H-pyrrole nitrogens is 1. The van der Waals surface area contributed by atoms with E-state index in [9.17, 15) is 9.90 Å². The molecule has 0 aliphatic rings. The minimum absolute atomic E-state index is 0.0595. The molecule has 1 heterocycles. The SMILES string of the molecule is O=C(CSc1n[nH]c(-c2ccc(Cl)cc2)[n+]1-c1ccc(Cl)cc1)NN=Cc1cc(I)cc(I)c1[O-]. The Bertz CT molecular complexity index is 1400. The summed E-state index contributed by atoms with van der Waals surface area (Å²) in [4.78, 5) is 12.4. The zero-order chi connectivity index (χ0) is 24.9. The molecule has 0 radical (unpaired) electrons. The first kappa shape index (κ1) is 26.2. The van der Waals surface area contributed by atoms with E-state index in [2.05, 4.69) is 43.3 Å². The van der Waals surface area contributed by atoms with Crippen molar-refractivity contribution < 1.29 is 14.5 Å². The van der Waals surface area contributed by atoms with Gasteiger partial charge in [-0.3, -0.25) is 4.79 Å². The van der Waals surface area contributed by atoms with E-state index in [-0.39, 0.29) is 17.4 Å². The monoisotopic (exact) mass is 749 g/mol. The van der Waals surface area contributed by atoms with Gasteiger partial charge in [0.05, 0.1) is 22.6 Å². The molecule has 0 aliphatic heterocycles. The number of halogens is 4. The highest BCUT2D eigenvalue weighted by molar-refractivity contribution is 14.1. The number of hydrazone groups is 1. The minimum Gasteiger partial charge on any atom is -0.871 e. The molecular formula is C23H15Cl2I2N5O2S. The highest BCUT2D eigenvalue weighted by atomic mass is 127. The molecule has 0 spiro atoms. The zero-order valence-electron chi connectivity index (χ0n) is 17.6. The molecular weight excluding hydrogens is 735 g/mol. The Kier molecular flexibility index (Phi) is 8.92. The van der Waals surface area contributed by atoms with Gasteiger partial charge in [-0.25, -0.2) is 5.43 Å². The van der Waals surface area contributed by atoms with Crippen molar-refractivity contribution in [3.63, 3.8) is 0 Å². The molecule has 0 aliphatic carbocycles. The maximum atomic E-state index is 12.4. The summed E-state index contributed by atoms with van der Waals surface area (Å²) in [6.45, 7) is 0. The van der Waals surface area contributed by atoms with Crippen LogP contribution in [0.5, 0.6) is 5.75 Å². The average molecular weight is 750 g/mol. The van der Waals surface area contributed by atoms with E-state index >= 15 is 0 Å². The van der Waals surface area contributed by atoms with E-state index in [0.29, 0.717) is 24.3 Å². The summed E-state index contributed by atoms with van der Waals surface area (Å²) in [6.07, 6.45) is 1.36. The molecule has 0 atom stereocenters. The summed E-state index contributed by atoms with van der Waals surface area (Å²) in [5.74, 6) is 0.316. The largest absolute Gasteiger partial charge is 0.871 e. The lowest BCUT2D eigenvalue weighted by Crippen LogP contribution is -2.34. The minimum atomic E-state index is -0.335. The lowest BCUT2D eigenvalue weighted by atomic mass is 10.2. The van der Waals surface area contributed by atoms with Gasteiger partial charge in [-0.1, -0.05) is 29.0 Å². The molecule has 0 saturated carbocycles. The maximum absolute atomic E-state index is 12.4. The Morgan fingerprint density at radius 2 is 1.77 bits per heavy atom. The van der Waals surface area contributed by atoms with Crippen molar-refractivity contribution in [3.8, 4) is 22.8 Å². The normalized spacial score (nSPS) is 11.2. The molecule has 12 heteroatoms. The van der Waals surface area contributed by atoms with E-state index in [1.807, 2.05) is 51.4 Å². The van der Waals surface area contributed by atoms with Crippen LogP contribution in [0.15, 0.2) is 70.9 Å². The third kappa shape index (κ3) is 6.67. The number of thioether (sulfide) groups is 1. The second-order valence-corrected chi connectivity index (χ2v) is 11.3. The first-order chi connectivity index (χ1) is 16.8. The van der Waals surface area contributed by atoms with Crippen molar-refractivity contribution in [3.05, 3.63) is 83.4 Å². The number of nitrogens with one attached hydrogen (secondary N) is 2. The third-order valence-corrected chi connectivity index (χ3v) is 7.50. The summed E-state index contributed by atoms with van der Waals surface area (Å²) < 4.78 is 3.41. The van der Waals surface area contributed by atoms with Gasteiger partial charge in [-0.2, -0.15) is 9.67 Å². The Labute approximate surface area is 242 Å². The lowest BCUT2D eigenvalue weighted by molar-refractivity contribution is -0.625. The van der Waals surface area contributed by atoms with Crippen molar-refractivity contribution in [1.29, 1.82) is 0 Å². The van der Waals surface area contributed by atoms with Gasteiger partial charge in [-0.05, 0) is 123 Å². The Morgan fingerprint density at radius 1 is 1.11 bits per heavy atom. The van der Waals surface area contributed by atoms with E-state index < -0.39 is 0 Å². The van der Waals surface area contributed by atoms with Crippen LogP contribution in [0.25, 0.3) is 17.1 Å². The van der Waals surface area contributed by atoms with Crippen LogP contribution < -0.4 is 15.1 Å². The van der Waals surface area contributed by atoms with Crippen molar-refractivity contribution in [1.82, 2.24) is 15.6 Å². The number of aromatic nitrogens is 3. The number of hydrogen-bond acceptors (Lipinski definition) is 5. The molecule has 0 saturated heterocycles. The highest BCUT2D eigenvalue weighted by Crippen LogP contribution is 2.24. The number of nitrogens with zero attached hydrogens (tertiary/aromatic N) is 3. The summed E-state index contributed by atoms with van der Waals surface area (Å²) in [7, 11) is 0. The van der Waals surface area contributed by atoms with Gasteiger partial charge in [0.15, 0.2) is 0 Å². The van der Waals surface area contributed by atoms with Crippen LogP contribution >= 0.6 is 80.1 Å². The quantitative estimate of drug-likeness (QED) is 0.0895. The molecule has 0 fully saturated rings. The van der Waals surface area contributed by atoms with Gasteiger partial charge in [0, 0.05) is 17.2 Å². The third-order valence-electron chi connectivity index (χ3n) is 4.64. The van der Waals surface area contributed by atoms with E-state index in [0.717, 1.165) is 20.6 Å². The number of hydrogen-bond donors (Lipinski definition) is 2. The molecule has 4 rings (SSSR count). The van der Waals surface area contributed by atoms with Crippen molar-refractivity contribution >= 4 is 92.3 Å². The van der Waals surface area contributed by atoms with Gasteiger partial charge >= 0.3 is 5.16 Å². The second kappa shape index (κ2) is 11.9. The molecule has 7 nitrogen and oxygen atoms in total. The van der Waals surface area contributed by atoms with Gasteiger partial charge in [0.1, 0.15) is 5.69 Å². The standard InChI is InChI=1S/C23H15Cl2I2N5O2S/c24-15-3-1-13(2-4-15)22-30-31-23(32(22)18-7-5-16(25)6-8-18)35-12-20(33)29-28-11-14-9-17(26)10-19(27)21(14)34/h1-11H,12H2,(H2,28,29,33,34). The zero-order valence-corrected chi connectivity index (χ0v) is 24.3. The lowest BCUT2D eigenvalue weighted by Gasteiger charge is -2.13. The average Bonchev–Trinajstić information content (AvgIpc) is 3.25. The Hall–Kier alpha value is -1.87. The Balaban J connectivity index is 1.51. The van der Waals surface area contributed by atoms with Crippen molar-refractivity contribution in [2.75, 3.05) is 5.75 Å². The number of rotatable bonds is 7. The highest BCUT2D eigenvalue weighted by Gasteiger charge is 2.24. The number of carbonyl (C=O) groups is 1. The topological polar surface area (TPSA) is 97.1 Å². The molecule has 3 aromatic carbocycles. The van der Waals surface area contributed by atoms with E-state index in [4.69, 9.17) is 23.2 Å². The maximum Gasteiger partial charge on any atom is 0.342 e. The molecule has 4 aromatic rings. The van der Waals surface area contributed by atoms with Crippen LogP contribution in [-0.4, -0.2) is 28.1 Å². The fourth-order valence-corrected chi connectivity index (χ4v) is 5.94. The fraction of sp³-hybridized carbons (Fsp3) is 0.0435. The summed E-state index contributed by atoms with van der Waals surface area (Å²) >= 11 is 17.5. The number of aromatic amines is 1. The van der Waals surface area contributed by atoms with E-state index in [1.54, 1.807) is 36.4 Å². The van der Waals surface area contributed by atoms with Crippen LogP contribution in [-0.2, 0) is 4.79 Å². The predicted octanol–water partition coefficient (Wildman–Crippen LogP) is 5.19. The van der Waals surface area contributed by atoms with Gasteiger partial charge in [0.25, 0.3) is 11.7 Å². The van der Waals surface area contributed by atoms with Gasteiger partial charge in [-0.15, -0.1) is 5.10 Å².